The topological polar surface area (TPSA) is 20.2 Å². The number of aliphatic hydroxyl groups is 1. The third-order valence-electron chi connectivity index (χ3n) is 3.51. The fourth-order valence-corrected chi connectivity index (χ4v) is 2.49. The van der Waals surface area contributed by atoms with Crippen molar-refractivity contribution < 1.29 is 9.50 Å². The molecule has 1 unspecified atom stereocenters. The summed E-state index contributed by atoms with van der Waals surface area (Å²) >= 11 is 0. The molecule has 2 heteroatoms. The fraction of sp³-hybridized carbons (Fsp3) is 0.571. The smallest absolute Gasteiger partial charge is 0.123 e. The second kappa shape index (κ2) is 4.17. The number of hydrogen-bond acceptors (Lipinski definition) is 1. The molecule has 1 aliphatic carbocycles. The summed E-state index contributed by atoms with van der Waals surface area (Å²) in [5.41, 5.74) is 1.20. The fourth-order valence-electron chi connectivity index (χ4n) is 2.49. The maximum Gasteiger partial charge on any atom is 0.123 e. The third kappa shape index (κ3) is 2.12. The lowest BCUT2D eigenvalue weighted by Crippen LogP contribution is -2.22. The maximum absolute atomic E-state index is 13.0. The van der Waals surface area contributed by atoms with Gasteiger partial charge in [0.1, 0.15) is 5.82 Å². The van der Waals surface area contributed by atoms with Crippen LogP contribution in [0.3, 0.4) is 0 Å². The summed E-state index contributed by atoms with van der Waals surface area (Å²) in [6, 6.07) is 4.76. The zero-order chi connectivity index (χ0) is 11.8. The minimum Gasteiger partial charge on any atom is -0.385 e. The molecule has 1 N–H and O–H groups in total. The predicted octanol–water partition coefficient (Wildman–Crippen LogP) is 3.40. The van der Waals surface area contributed by atoms with Crippen molar-refractivity contribution in [2.45, 2.75) is 45.1 Å². The van der Waals surface area contributed by atoms with Crippen molar-refractivity contribution in [3.63, 3.8) is 0 Å². The van der Waals surface area contributed by atoms with Crippen LogP contribution < -0.4 is 0 Å². The number of benzene rings is 1. The second-order valence-corrected chi connectivity index (χ2v) is 5.27. The van der Waals surface area contributed by atoms with Crippen molar-refractivity contribution in [1.82, 2.24) is 0 Å². The lowest BCUT2D eigenvalue weighted by molar-refractivity contribution is 0.0241. The first-order valence-corrected chi connectivity index (χ1v) is 6.02. The van der Waals surface area contributed by atoms with Gasteiger partial charge in [0, 0.05) is 0 Å². The number of fused-ring (bicyclic) bond motifs is 1. The molecule has 0 amide bonds. The van der Waals surface area contributed by atoms with Crippen molar-refractivity contribution >= 4 is 0 Å². The monoisotopic (exact) mass is 222 g/mol. The van der Waals surface area contributed by atoms with E-state index in [-0.39, 0.29) is 5.82 Å². The highest BCUT2D eigenvalue weighted by Gasteiger charge is 2.36. The molecule has 0 heterocycles. The summed E-state index contributed by atoms with van der Waals surface area (Å²) in [4.78, 5) is 0. The molecule has 0 saturated heterocycles. The Hall–Kier alpha value is -0.890. The van der Waals surface area contributed by atoms with Crippen molar-refractivity contribution in [3.05, 3.63) is 35.1 Å². The van der Waals surface area contributed by atoms with Crippen molar-refractivity contribution in [2.24, 2.45) is 5.92 Å². The largest absolute Gasteiger partial charge is 0.385 e. The van der Waals surface area contributed by atoms with E-state index in [2.05, 4.69) is 13.8 Å². The first kappa shape index (κ1) is 11.6. The van der Waals surface area contributed by atoms with Gasteiger partial charge in [0.15, 0.2) is 0 Å². The van der Waals surface area contributed by atoms with Gasteiger partial charge in [-0.05, 0) is 54.9 Å². The summed E-state index contributed by atoms with van der Waals surface area (Å²) in [5.74, 6) is 0.389. The lowest BCUT2D eigenvalue weighted by Gasteiger charge is -2.25. The summed E-state index contributed by atoms with van der Waals surface area (Å²) in [6.45, 7) is 4.31. The van der Waals surface area contributed by atoms with Gasteiger partial charge in [0.2, 0.25) is 0 Å². The Balaban J connectivity index is 2.21. The molecule has 0 aromatic heterocycles. The first-order chi connectivity index (χ1) is 7.51. The SMILES string of the molecule is CC(C)CCC1(O)CCc2cc(F)ccc21. The molecular weight excluding hydrogens is 203 g/mol. The van der Waals surface area contributed by atoms with Crippen LogP contribution in [0, 0.1) is 11.7 Å². The maximum atomic E-state index is 13.0. The van der Waals surface area contributed by atoms with Gasteiger partial charge in [0.05, 0.1) is 5.60 Å². The van der Waals surface area contributed by atoms with Gasteiger partial charge in [-0.2, -0.15) is 0 Å². The summed E-state index contributed by atoms with van der Waals surface area (Å²) in [6.07, 6.45) is 3.32. The van der Waals surface area contributed by atoms with Crippen LogP contribution in [0.25, 0.3) is 0 Å². The van der Waals surface area contributed by atoms with Gasteiger partial charge in [-0.25, -0.2) is 4.39 Å². The number of halogens is 1. The van der Waals surface area contributed by atoms with Crippen LogP contribution >= 0.6 is 0 Å². The second-order valence-electron chi connectivity index (χ2n) is 5.27. The van der Waals surface area contributed by atoms with Crippen LogP contribution in [0.1, 0.15) is 44.2 Å². The van der Waals surface area contributed by atoms with Gasteiger partial charge in [-0.3, -0.25) is 0 Å². The van der Waals surface area contributed by atoms with E-state index in [1.54, 1.807) is 12.1 Å². The molecule has 1 aromatic rings. The molecule has 88 valence electrons. The Labute approximate surface area is 96.3 Å². The van der Waals surface area contributed by atoms with Crippen LogP contribution in [-0.2, 0) is 12.0 Å². The molecular formula is C14H19FO. The molecule has 1 atom stereocenters. The molecule has 0 bridgehead atoms. The zero-order valence-corrected chi connectivity index (χ0v) is 9.96. The van der Waals surface area contributed by atoms with Crippen LogP contribution in [0.4, 0.5) is 4.39 Å². The number of aryl methyl sites for hydroxylation is 1. The van der Waals surface area contributed by atoms with E-state index in [0.29, 0.717) is 5.92 Å². The molecule has 2 rings (SSSR count). The van der Waals surface area contributed by atoms with E-state index in [0.717, 1.165) is 36.8 Å². The molecule has 0 radical (unpaired) electrons. The van der Waals surface area contributed by atoms with E-state index < -0.39 is 5.60 Å². The summed E-state index contributed by atoms with van der Waals surface area (Å²) in [5, 5.41) is 10.6. The highest BCUT2D eigenvalue weighted by atomic mass is 19.1. The molecule has 1 aliphatic rings. The quantitative estimate of drug-likeness (QED) is 0.831. The highest BCUT2D eigenvalue weighted by molar-refractivity contribution is 5.37. The molecule has 0 fully saturated rings. The van der Waals surface area contributed by atoms with Gasteiger partial charge in [-0.15, -0.1) is 0 Å². The average Bonchev–Trinajstić information content (AvgIpc) is 2.54. The van der Waals surface area contributed by atoms with Crippen LogP contribution in [-0.4, -0.2) is 5.11 Å². The Morgan fingerprint density at radius 3 is 2.88 bits per heavy atom. The van der Waals surface area contributed by atoms with E-state index in [1.807, 2.05) is 0 Å². The average molecular weight is 222 g/mol. The van der Waals surface area contributed by atoms with Crippen LogP contribution in [0.2, 0.25) is 0 Å². The highest BCUT2D eigenvalue weighted by Crippen LogP contribution is 2.40. The van der Waals surface area contributed by atoms with E-state index in [4.69, 9.17) is 0 Å². The van der Waals surface area contributed by atoms with Gasteiger partial charge in [0.25, 0.3) is 0 Å². The molecule has 0 spiro atoms. The minimum absolute atomic E-state index is 0.202. The van der Waals surface area contributed by atoms with Crippen molar-refractivity contribution in [2.75, 3.05) is 0 Å². The normalized spacial score (nSPS) is 23.8. The van der Waals surface area contributed by atoms with Gasteiger partial charge in [-0.1, -0.05) is 19.9 Å². The number of rotatable bonds is 3. The molecule has 0 saturated carbocycles. The summed E-state index contributed by atoms with van der Waals surface area (Å²) in [7, 11) is 0. The van der Waals surface area contributed by atoms with Crippen LogP contribution in [0.5, 0.6) is 0 Å². The first-order valence-electron chi connectivity index (χ1n) is 6.02. The Kier molecular flexibility index (Phi) is 3.02. The number of hydrogen-bond donors (Lipinski definition) is 1. The van der Waals surface area contributed by atoms with E-state index in [1.165, 1.54) is 6.07 Å². The standard InChI is InChI=1S/C14H19FO/c1-10(2)5-7-14(16)8-6-11-9-12(15)3-4-13(11)14/h3-4,9-10,16H,5-8H2,1-2H3. The van der Waals surface area contributed by atoms with E-state index in [9.17, 15) is 9.50 Å². The van der Waals surface area contributed by atoms with Crippen molar-refractivity contribution in [3.8, 4) is 0 Å². The Morgan fingerprint density at radius 2 is 2.19 bits per heavy atom. The molecule has 1 aromatic carbocycles. The lowest BCUT2D eigenvalue weighted by atomic mass is 9.88. The van der Waals surface area contributed by atoms with Gasteiger partial charge < -0.3 is 5.11 Å². The molecule has 16 heavy (non-hydrogen) atoms. The predicted molar refractivity (Wildman–Crippen MR) is 62.7 cm³/mol. The zero-order valence-electron chi connectivity index (χ0n) is 9.96. The van der Waals surface area contributed by atoms with Crippen LogP contribution in [0.15, 0.2) is 18.2 Å². The third-order valence-corrected chi connectivity index (χ3v) is 3.51. The summed E-state index contributed by atoms with van der Waals surface area (Å²) < 4.78 is 13.0. The minimum atomic E-state index is -0.715. The van der Waals surface area contributed by atoms with Crippen molar-refractivity contribution in [1.29, 1.82) is 0 Å². The van der Waals surface area contributed by atoms with Gasteiger partial charge >= 0.3 is 0 Å². The Bertz CT molecular complexity index is 386. The molecule has 0 aliphatic heterocycles. The van der Waals surface area contributed by atoms with E-state index >= 15 is 0 Å². The molecule has 1 nitrogen and oxygen atoms in total. The Morgan fingerprint density at radius 1 is 1.44 bits per heavy atom.